The van der Waals surface area contributed by atoms with Crippen molar-refractivity contribution in [1.29, 1.82) is 0 Å². The van der Waals surface area contributed by atoms with Gasteiger partial charge in [0, 0.05) is 0 Å². The summed E-state index contributed by atoms with van der Waals surface area (Å²) in [6, 6.07) is 17.2. The molecule has 4 nitrogen and oxygen atoms in total. The largest absolute Gasteiger partial charge is 0.464 e. The second kappa shape index (κ2) is 6.52. The SMILES string of the molecule is CCOC(=O)[C@H](O)C(O)(c1ccccc1)c1ccccc1. The topological polar surface area (TPSA) is 66.8 Å². The van der Waals surface area contributed by atoms with Crippen LogP contribution in [-0.2, 0) is 15.1 Å². The number of rotatable bonds is 5. The first kappa shape index (κ1) is 15.2. The first-order chi connectivity index (χ1) is 10.1. The fraction of sp³-hybridized carbons (Fsp3) is 0.235. The quantitative estimate of drug-likeness (QED) is 0.823. The molecule has 0 unspecified atom stereocenters. The maximum atomic E-state index is 11.9. The zero-order valence-corrected chi connectivity index (χ0v) is 11.8. The maximum absolute atomic E-state index is 11.9. The molecule has 0 aliphatic heterocycles. The summed E-state index contributed by atoms with van der Waals surface area (Å²) in [7, 11) is 0. The highest BCUT2D eigenvalue weighted by molar-refractivity contribution is 5.77. The number of carbonyl (C=O) groups excluding carboxylic acids is 1. The summed E-state index contributed by atoms with van der Waals surface area (Å²) in [5.74, 6) is -0.854. The van der Waals surface area contributed by atoms with Crippen molar-refractivity contribution in [2.75, 3.05) is 6.61 Å². The summed E-state index contributed by atoms with van der Waals surface area (Å²) in [5, 5.41) is 21.4. The third kappa shape index (κ3) is 2.96. The lowest BCUT2D eigenvalue weighted by molar-refractivity contribution is -0.166. The Labute approximate surface area is 123 Å². The standard InChI is InChI=1S/C17H18O4/c1-2-21-16(19)15(18)17(20,13-9-5-3-6-10-13)14-11-7-4-8-12-14/h3-12,15,18,20H,2H2,1H3/t15-/m0/s1. The Hall–Kier alpha value is -2.17. The minimum Gasteiger partial charge on any atom is -0.464 e. The van der Waals surface area contributed by atoms with Crippen LogP contribution in [-0.4, -0.2) is 28.9 Å². The van der Waals surface area contributed by atoms with Gasteiger partial charge in [0.1, 0.15) is 0 Å². The van der Waals surface area contributed by atoms with Crippen LogP contribution in [0.5, 0.6) is 0 Å². The smallest absolute Gasteiger partial charge is 0.338 e. The molecule has 0 spiro atoms. The molecule has 0 aliphatic carbocycles. The van der Waals surface area contributed by atoms with Crippen LogP contribution in [0, 0.1) is 0 Å². The second-order valence-corrected chi connectivity index (χ2v) is 4.65. The van der Waals surface area contributed by atoms with Gasteiger partial charge in [0.15, 0.2) is 11.7 Å². The number of aliphatic hydroxyl groups excluding tert-OH is 1. The number of carbonyl (C=O) groups is 1. The maximum Gasteiger partial charge on any atom is 0.338 e. The highest BCUT2D eigenvalue weighted by Gasteiger charge is 2.44. The molecule has 2 aromatic carbocycles. The molecule has 2 rings (SSSR count). The van der Waals surface area contributed by atoms with Crippen molar-refractivity contribution in [3.8, 4) is 0 Å². The van der Waals surface area contributed by atoms with E-state index in [0.717, 1.165) is 0 Å². The van der Waals surface area contributed by atoms with Crippen LogP contribution in [0.15, 0.2) is 60.7 Å². The first-order valence-corrected chi connectivity index (χ1v) is 6.78. The highest BCUT2D eigenvalue weighted by Crippen LogP contribution is 2.33. The van der Waals surface area contributed by atoms with Gasteiger partial charge in [0.25, 0.3) is 0 Å². The molecule has 21 heavy (non-hydrogen) atoms. The fourth-order valence-corrected chi connectivity index (χ4v) is 2.26. The molecule has 2 N–H and O–H groups in total. The summed E-state index contributed by atoms with van der Waals surface area (Å²) >= 11 is 0. The Morgan fingerprint density at radius 2 is 1.48 bits per heavy atom. The molecule has 0 bridgehead atoms. The van der Waals surface area contributed by atoms with E-state index in [1.165, 1.54) is 0 Å². The summed E-state index contributed by atoms with van der Waals surface area (Å²) in [4.78, 5) is 11.9. The lowest BCUT2D eigenvalue weighted by Crippen LogP contribution is -2.46. The molecule has 0 saturated carbocycles. The molecule has 4 heteroatoms. The zero-order chi connectivity index (χ0) is 15.3. The monoisotopic (exact) mass is 286 g/mol. The summed E-state index contributed by atoms with van der Waals surface area (Å²) in [6.07, 6.45) is -1.71. The molecular formula is C17H18O4. The Kier molecular flexibility index (Phi) is 4.73. The van der Waals surface area contributed by atoms with Gasteiger partial charge in [-0.3, -0.25) is 0 Å². The number of hydrogen-bond donors (Lipinski definition) is 2. The van der Waals surface area contributed by atoms with Crippen molar-refractivity contribution in [2.24, 2.45) is 0 Å². The van der Waals surface area contributed by atoms with Crippen molar-refractivity contribution in [3.05, 3.63) is 71.8 Å². The minimum atomic E-state index is -1.85. The number of hydrogen-bond acceptors (Lipinski definition) is 4. The Bertz CT molecular complexity index is 541. The van der Waals surface area contributed by atoms with Gasteiger partial charge in [-0.25, -0.2) is 4.79 Å². The Morgan fingerprint density at radius 1 is 1.05 bits per heavy atom. The number of aliphatic hydroxyl groups is 2. The summed E-state index contributed by atoms with van der Waals surface area (Å²) in [5.41, 5.74) is -0.997. The van der Waals surface area contributed by atoms with Crippen LogP contribution in [0.4, 0.5) is 0 Å². The Balaban J connectivity index is 2.52. The van der Waals surface area contributed by atoms with E-state index >= 15 is 0 Å². The van der Waals surface area contributed by atoms with Crippen LogP contribution in [0.2, 0.25) is 0 Å². The molecule has 0 fully saturated rings. The average Bonchev–Trinajstić information content (AvgIpc) is 2.55. The molecule has 0 amide bonds. The first-order valence-electron chi connectivity index (χ1n) is 6.78. The van der Waals surface area contributed by atoms with Gasteiger partial charge >= 0.3 is 5.97 Å². The van der Waals surface area contributed by atoms with E-state index in [0.29, 0.717) is 11.1 Å². The van der Waals surface area contributed by atoms with Gasteiger partial charge < -0.3 is 14.9 Å². The van der Waals surface area contributed by atoms with Crippen LogP contribution >= 0.6 is 0 Å². The van der Waals surface area contributed by atoms with Crippen molar-refractivity contribution in [2.45, 2.75) is 18.6 Å². The Morgan fingerprint density at radius 3 is 1.86 bits per heavy atom. The molecule has 110 valence electrons. The molecule has 0 heterocycles. The van der Waals surface area contributed by atoms with Crippen molar-refractivity contribution in [1.82, 2.24) is 0 Å². The van der Waals surface area contributed by atoms with Crippen LogP contribution < -0.4 is 0 Å². The van der Waals surface area contributed by atoms with Gasteiger partial charge in [-0.05, 0) is 18.1 Å². The van der Waals surface area contributed by atoms with E-state index in [9.17, 15) is 15.0 Å². The van der Waals surface area contributed by atoms with Crippen molar-refractivity contribution in [3.63, 3.8) is 0 Å². The van der Waals surface area contributed by atoms with E-state index in [1.807, 2.05) is 0 Å². The van der Waals surface area contributed by atoms with Gasteiger partial charge in [-0.1, -0.05) is 60.7 Å². The van der Waals surface area contributed by atoms with Gasteiger partial charge in [0.2, 0.25) is 0 Å². The number of esters is 1. The number of ether oxygens (including phenoxy) is 1. The lowest BCUT2D eigenvalue weighted by Gasteiger charge is -2.32. The van der Waals surface area contributed by atoms with Crippen molar-refractivity contribution < 1.29 is 19.7 Å². The third-order valence-electron chi connectivity index (χ3n) is 3.33. The van der Waals surface area contributed by atoms with Crippen LogP contribution in [0.3, 0.4) is 0 Å². The molecule has 1 atom stereocenters. The summed E-state index contributed by atoms with van der Waals surface area (Å²) < 4.78 is 4.84. The lowest BCUT2D eigenvalue weighted by atomic mass is 9.81. The minimum absolute atomic E-state index is 0.134. The average molecular weight is 286 g/mol. The zero-order valence-electron chi connectivity index (χ0n) is 11.8. The van der Waals surface area contributed by atoms with E-state index in [4.69, 9.17) is 4.74 Å². The molecule has 0 saturated heterocycles. The van der Waals surface area contributed by atoms with E-state index in [-0.39, 0.29) is 6.61 Å². The van der Waals surface area contributed by atoms with Gasteiger partial charge in [-0.2, -0.15) is 0 Å². The molecule has 0 aromatic heterocycles. The molecule has 0 radical (unpaired) electrons. The predicted octanol–water partition coefficient (Wildman–Crippen LogP) is 1.85. The van der Waals surface area contributed by atoms with Crippen LogP contribution in [0.1, 0.15) is 18.1 Å². The summed E-state index contributed by atoms with van der Waals surface area (Å²) in [6.45, 7) is 1.78. The van der Waals surface area contributed by atoms with E-state index in [1.54, 1.807) is 67.6 Å². The van der Waals surface area contributed by atoms with E-state index < -0.39 is 17.7 Å². The molecule has 2 aromatic rings. The molecule has 0 aliphatic rings. The second-order valence-electron chi connectivity index (χ2n) is 4.65. The van der Waals surface area contributed by atoms with Crippen molar-refractivity contribution >= 4 is 5.97 Å². The normalized spacial score (nSPS) is 12.7. The third-order valence-corrected chi connectivity index (χ3v) is 3.33. The fourth-order valence-electron chi connectivity index (χ4n) is 2.26. The predicted molar refractivity (Wildman–Crippen MR) is 78.5 cm³/mol. The van der Waals surface area contributed by atoms with E-state index in [2.05, 4.69) is 0 Å². The highest BCUT2D eigenvalue weighted by atomic mass is 16.5. The molecular weight excluding hydrogens is 268 g/mol. The number of benzene rings is 2. The van der Waals surface area contributed by atoms with Gasteiger partial charge in [0.05, 0.1) is 6.61 Å². The van der Waals surface area contributed by atoms with Gasteiger partial charge in [-0.15, -0.1) is 0 Å². The van der Waals surface area contributed by atoms with Crippen LogP contribution in [0.25, 0.3) is 0 Å².